The number of halogens is 1. The predicted octanol–water partition coefficient (Wildman–Crippen LogP) is 1.57. The van der Waals surface area contributed by atoms with Crippen molar-refractivity contribution in [2.45, 2.75) is 5.25 Å². The third-order valence-electron chi connectivity index (χ3n) is 2.23. The molecule has 6 heteroatoms. The molecule has 1 aliphatic rings. The largest absolute Gasteiger partial charge is 0.314 e. The average Bonchev–Trinajstić information content (AvgIpc) is 2.51. The summed E-state index contributed by atoms with van der Waals surface area (Å²) in [6, 6.07) is 1.89. The van der Waals surface area contributed by atoms with Crippen LogP contribution in [0.25, 0.3) is 0 Å². The minimum absolute atomic E-state index is 0.243. The lowest BCUT2D eigenvalue weighted by Crippen LogP contribution is -2.38. The number of sulfone groups is 1. The molecule has 0 bridgehead atoms. The van der Waals surface area contributed by atoms with Gasteiger partial charge in [-0.3, -0.25) is 0 Å². The number of thiophene rings is 1. The first-order chi connectivity index (χ1) is 6.59. The van der Waals surface area contributed by atoms with Gasteiger partial charge in [-0.2, -0.15) is 0 Å². The molecule has 1 fully saturated rings. The minimum atomic E-state index is -2.94. The highest BCUT2D eigenvalue weighted by Crippen LogP contribution is 2.31. The third-order valence-corrected chi connectivity index (χ3v) is 6.25. The number of nitrogens with one attached hydrogen (secondary N) is 1. The molecule has 0 amide bonds. The molecule has 2 heterocycles. The van der Waals surface area contributed by atoms with Crippen molar-refractivity contribution in [2.75, 3.05) is 18.8 Å². The van der Waals surface area contributed by atoms with Crippen LogP contribution < -0.4 is 5.32 Å². The fourth-order valence-electron chi connectivity index (χ4n) is 1.49. The van der Waals surface area contributed by atoms with Crippen LogP contribution in [0.1, 0.15) is 10.1 Å². The van der Waals surface area contributed by atoms with E-state index >= 15 is 0 Å². The second kappa shape index (κ2) is 3.92. The highest BCUT2D eigenvalue weighted by molar-refractivity contribution is 9.10. The zero-order chi connectivity index (χ0) is 10.2. The van der Waals surface area contributed by atoms with Crippen LogP contribution in [0.4, 0.5) is 0 Å². The van der Waals surface area contributed by atoms with Crippen LogP contribution in [0, 0.1) is 0 Å². The van der Waals surface area contributed by atoms with Gasteiger partial charge in [-0.15, -0.1) is 11.3 Å². The molecule has 1 atom stereocenters. The van der Waals surface area contributed by atoms with Gasteiger partial charge in [-0.25, -0.2) is 8.42 Å². The summed E-state index contributed by atoms with van der Waals surface area (Å²) in [4.78, 5) is 0.920. The summed E-state index contributed by atoms with van der Waals surface area (Å²) in [5.41, 5.74) is 0. The van der Waals surface area contributed by atoms with Crippen molar-refractivity contribution in [2.24, 2.45) is 0 Å². The Morgan fingerprint density at radius 3 is 2.93 bits per heavy atom. The van der Waals surface area contributed by atoms with E-state index < -0.39 is 9.84 Å². The van der Waals surface area contributed by atoms with E-state index in [2.05, 4.69) is 21.2 Å². The number of hydrogen-bond donors (Lipinski definition) is 1. The SMILES string of the molecule is O=S1(=O)CCNCC1c1cc(Br)cs1. The second-order valence-corrected chi connectivity index (χ2v) is 7.39. The number of rotatable bonds is 1. The average molecular weight is 296 g/mol. The highest BCUT2D eigenvalue weighted by atomic mass is 79.9. The molecule has 0 aliphatic carbocycles. The first-order valence-electron chi connectivity index (χ1n) is 4.26. The molecule has 14 heavy (non-hydrogen) atoms. The lowest BCUT2D eigenvalue weighted by atomic mass is 10.3. The fourth-order valence-corrected chi connectivity index (χ4v) is 5.03. The molecule has 0 aromatic carbocycles. The molecule has 0 radical (unpaired) electrons. The lowest BCUT2D eigenvalue weighted by molar-refractivity contribution is 0.553. The lowest BCUT2D eigenvalue weighted by Gasteiger charge is -2.21. The van der Waals surface area contributed by atoms with Crippen LogP contribution in [0.2, 0.25) is 0 Å². The zero-order valence-electron chi connectivity index (χ0n) is 7.36. The molecule has 1 N–H and O–H groups in total. The molecule has 0 spiro atoms. The normalized spacial score (nSPS) is 26.2. The van der Waals surface area contributed by atoms with Gasteiger partial charge < -0.3 is 5.32 Å². The topological polar surface area (TPSA) is 46.2 Å². The Kier molecular flexibility index (Phi) is 2.97. The molecule has 0 saturated carbocycles. The van der Waals surface area contributed by atoms with Gasteiger partial charge in [0.1, 0.15) is 5.25 Å². The first kappa shape index (κ1) is 10.6. The van der Waals surface area contributed by atoms with Crippen LogP contribution in [0.15, 0.2) is 15.9 Å². The second-order valence-electron chi connectivity index (χ2n) is 3.23. The van der Waals surface area contributed by atoms with E-state index in [1.807, 2.05) is 11.4 Å². The van der Waals surface area contributed by atoms with Crippen molar-refractivity contribution >= 4 is 37.1 Å². The smallest absolute Gasteiger partial charge is 0.160 e. The molecule has 1 aliphatic heterocycles. The maximum Gasteiger partial charge on any atom is 0.160 e. The van der Waals surface area contributed by atoms with Gasteiger partial charge in [-0.1, -0.05) is 0 Å². The molecule has 1 aromatic rings. The Morgan fingerprint density at radius 2 is 2.36 bits per heavy atom. The molecule has 1 aromatic heterocycles. The Balaban J connectivity index is 2.33. The van der Waals surface area contributed by atoms with Crippen molar-refractivity contribution in [1.29, 1.82) is 0 Å². The Morgan fingerprint density at radius 1 is 1.57 bits per heavy atom. The number of hydrogen-bond acceptors (Lipinski definition) is 4. The van der Waals surface area contributed by atoms with Crippen LogP contribution in [-0.4, -0.2) is 27.3 Å². The molecule has 1 unspecified atom stereocenters. The highest BCUT2D eigenvalue weighted by Gasteiger charge is 2.30. The summed E-state index contributed by atoms with van der Waals surface area (Å²) in [6.45, 7) is 1.11. The van der Waals surface area contributed by atoms with Gasteiger partial charge in [0.2, 0.25) is 0 Å². The van der Waals surface area contributed by atoms with Crippen molar-refractivity contribution in [1.82, 2.24) is 5.32 Å². The molecule has 78 valence electrons. The fraction of sp³-hybridized carbons (Fsp3) is 0.500. The summed E-state index contributed by atoms with van der Waals surface area (Å²) in [7, 11) is -2.94. The van der Waals surface area contributed by atoms with E-state index in [4.69, 9.17) is 0 Å². The zero-order valence-corrected chi connectivity index (χ0v) is 10.6. The maximum atomic E-state index is 11.7. The van der Waals surface area contributed by atoms with E-state index in [0.717, 1.165) is 9.35 Å². The van der Waals surface area contributed by atoms with Crippen molar-refractivity contribution in [3.63, 3.8) is 0 Å². The predicted molar refractivity (Wildman–Crippen MR) is 61.4 cm³/mol. The minimum Gasteiger partial charge on any atom is -0.314 e. The molecule has 2 rings (SSSR count). The van der Waals surface area contributed by atoms with Crippen molar-refractivity contribution in [3.8, 4) is 0 Å². The van der Waals surface area contributed by atoms with E-state index in [-0.39, 0.29) is 11.0 Å². The maximum absolute atomic E-state index is 11.7. The van der Waals surface area contributed by atoms with Gasteiger partial charge in [-0.05, 0) is 22.0 Å². The van der Waals surface area contributed by atoms with Crippen molar-refractivity contribution < 1.29 is 8.42 Å². The molecule has 3 nitrogen and oxygen atoms in total. The summed E-state index contributed by atoms with van der Waals surface area (Å²) < 4.78 is 24.4. The quantitative estimate of drug-likeness (QED) is 0.855. The van der Waals surface area contributed by atoms with Gasteiger partial charge in [0.15, 0.2) is 9.84 Å². The molecule has 1 saturated heterocycles. The molecular weight excluding hydrogens is 286 g/mol. The Labute approximate surface area is 95.6 Å². The van der Waals surface area contributed by atoms with E-state index in [1.54, 1.807) is 0 Å². The first-order valence-corrected chi connectivity index (χ1v) is 7.64. The van der Waals surface area contributed by atoms with E-state index in [0.29, 0.717) is 13.1 Å². The summed E-state index contributed by atoms with van der Waals surface area (Å²) >= 11 is 4.82. The monoisotopic (exact) mass is 295 g/mol. The summed E-state index contributed by atoms with van der Waals surface area (Å²) in [5.74, 6) is 0.243. The van der Waals surface area contributed by atoms with Crippen LogP contribution >= 0.6 is 27.3 Å². The molecular formula is C8H10BrNO2S2. The van der Waals surface area contributed by atoms with E-state index in [1.165, 1.54) is 11.3 Å². The van der Waals surface area contributed by atoms with Gasteiger partial charge >= 0.3 is 0 Å². The third kappa shape index (κ3) is 2.03. The van der Waals surface area contributed by atoms with Crippen LogP contribution in [0.3, 0.4) is 0 Å². The van der Waals surface area contributed by atoms with Gasteiger partial charge in [0, 0.05) is 27.8 Å². The Bertz CT molecular complexity index is 426. The van der Waals surface area contributed by atoms with Gasteiger partial charge in [0.05, 0.1) is 5.75 Å². The Hall–Kier alpha value is 0.0900. The summed E-state index contributed by atoms with van der Waals surface area (Å²) in [6.07, 6.45) is 0. The standard InChI is InChI=1S/C8H10BrNO2S2/c9-6-3-7(13-5-6)8-4-10-1-2-14(8,11)12/h3,5,8,10H,1-2,4H2. The summed E-state index contributed by atoms with van der Waals surface area (Å²) in [5, 5.41) is 4.67. The van der Waals surface area contributed by atoms with Crippen molar-refractivity contribution in [3.05, 3.63) is 20.8 Å². The van der Waals surface area contributed by atoms with Crippen LogP contribution in [-0.2, 0) is 9.84 Å². The van der Waals surface area contributed by atoms with Crippen LogP contribution in [0.5, 0.6) is 0 Å². The van der Waals surface area contributed by atoms with E-state index in [9.17, 15) is 8.42 Å². The van der Waals surface area contributed by atoms with Gasteiger partial charge in [0.25, 0.3) is 0 Å².